The van der Waals surface area contributed by atoms with E-state index in [-0.39, 0.29) is 11.9 Å². The summed E-state index contributed by atoms with van der Waals surface area (Å²) in [6.45, 7) is 3.83. The van der Waals surface area contributed by atoms with Gasteiger partial charge in [0.25, 0.3) is 0 Å². The average molecular weight is 176 g/mol. The van der Waals surface area contributed by atoms with Crippen molar-refractivity contribution >= 4 is 17.3 Å². The highest BCUT2D eigenvalue weighted by Gasteiger charge is 2.21. The summed E-state index contributed by atoms with van der Waals surface area (Å²) in [6.07, 6.45) is 0. The maximum Gasteiger partial charge on any atom is 0.246 e. The van der Waals surface area contributed by atoms with E-state index in [1.165, 1.54) is 0 Å². The summed E-state index contributed by atoms with van der Waals surface area (Å²) in [5, 5.41) is 6.01. The Morgan fingerprint density at radius 2 is 2.15 bits per heavy atom. The zero-order valence-electron chi connectivity index (χ0n) is 7.72. The summed E-state index contributed by atoms with van der Waals surface area (Å²) in [7, 11) is 0. The van der Waals surface area contributed by atoms with Crippen molar-refractivity contribution in [3.05, 3.63) is 23.8 Å². The van der Waals surface area contributed by atoms with Crippen LogP contribution in [0.2, 0.25) is 0 Å². The van der Waals surface area contributed by atoms with Crippen molar-refractivity contribution in [2.24, 2.45) is 0 Å². The second kappa shape index (κ2) is 2.76. The Hall–Kier alpha value is -1.51. The number of hydrogen-bond acceptors (Lipinski definition) is 2. The van der Waals surface area contributed by atoms with E-state index in [1.54, 1.807) is 0 Å². The Morgan fingerprint density at radius 1 is 1.38 bits per heavy atom. The van der Waals surface area contributed by atoms with Crippen LogP contribution in [0.5, 0.6) is 0 Å². The maximum atomic E-state index is 11.3. The molecule has 3 heteroatoms. The van der Waals surface area contributed by atoms with E-state index < -0.39 is 0 Å². The first-order chi connectivity index (χ1) is 6.18. The third-order valence-corrected chi connectivity index (χ3v) is 2.29. The molecule has 0 spiro atoms. The van der Waals surface area contributed by atoms with Crippen LogP contribution in [0.4, 0.5) is 11.4 Å². The Balaban J connectivity index is 2.48. The smallest absolute Gasteiger partial charge is 0.246 e. The van der Waals surface area contributed by atoms with Crippen LogP contribution in [-0.2, 0) is 4.79 Å². The summed E-state index contributed by atoms with van der Waals surface area (Å²) in [5.74, 6) is 0.0294. The molecule has 2 N–H and O–H groups in total. The van der Waals surface area contributed by atoms with E-state index in [9.17, 15) is 4.79 Å². The van der Waals surface area contributed by atoms with Crippen LogP contribution in [-0.4, -0.2) is 11.9 Å². The highest BCUT2D eigenvalue weighted by atomic mass is 16.2. The molecule has 2 rings (SSSR count). The number of fused-ring (bicyclic) bond motifs is 1. The summed E-state index contributed by atoms with van der Waals surface area (Å²) in [4.78, 5) is 11.3. The minimum atomic E-state index is -0.144. The van der Waals surface area contributed by atoms with Crippen molar-refractivity contribution in [3.8, 4) is 0 Å². The zero-order chi connectivity index (χ0) is 9.42. The number of hydrogen-bond donors (Lipinski definition) is 2. The molecule has 1 aliphatic rings. The number of carbonyl (C=O) groups excluding carboxylic acids is 1. The summed E-state index contributed by atoms with van der Waals surface area (Å²) in [6, 6.07) is 5.79. The number of para-hydroxylation sites is 1. The Morgan fingerprint density at radius 3 is 2.92 bits per heavy atom. The molecule has 1 aromatic rings. The molecule has 0 aromatic heterocycles. The van der Waals surface area contributed by atoms with Gasteiger partial charge in [-0.2, -0.15) is 0 Å². The molecule has 1 atom stereocenters. The zero-order valence-corrected chi connectivity index (χ0v) is 7.72. The second-order valence-electron chi connectivity index (χ2n) is 3.35. The lowest BCUT2D eigenvalue weighted by atomic mass is 10.1. The lowest BCUT2D eigenvalue weighted by molar-refractivity contribution is -0.116. The van der Waals surface area contributed by atoms with Crippen molar-refractivity contribution in [3.63, 3.8) is 0 Å². The van der Waals surface area contributed by atoms with Gasteiger partial charge in [-0.25, -0.2) is 0 Å². The summed E-state index contributed by atoms with van der Waals surface area (Å²) in [5.41, 5.74) is 3.00. The molecule has 0 saturated carbocycles. The van der Waals surface area contributed by atoms with Gasteiger partial charge in [0.1, 0.15) is 6.04 Å². The van der Waals surface area contributed by atoms with Gasteiger partial charge in [-0.05, 0) is 25.5 Å². The van der Waals surface area contributed by atoms with Gasteiger partial charge in [0, 0.05) is 0 Å². The van der Waals surface area contributed by atoms with E-state index in [2.05, 4.69) is 10.6 Å². The Labute approximate surface area is 77.1 Å². The maximum absolute atomic E-state index is 11.3. The first-order valence-corrected chi connectivity index (χ1v) is 4.35. The highest BCUT2D eigenvalue weighted by Crippen LogP contribution is 2.29. The fourth-order valence-electron chi connectivity index (χ4n) is 1.48. The van der Waals surface area contributed by atoms with E-state index >= 15 is 0 Å². The molecule has 1 aliphatic heterocycles. The number of carbonyl (C=O) groups is 1. The van der Waals surface area contributed by atoms with Crippen molar-refractivity contribution in [1.29, 1.82) is 0 Å². The van der Waals surface area contributed by atoms with Crippen LogP contribution in [0.15, 0.2) is 18.2 Å². The molecule has 3 nitrogen and oxygen atoms in total. The van der Waals surface area contributed by atoms with Crippen LogP contribution in [0.1, 0.15) is 12.5 Å². The molecule has 1 aromatic carbocycles. The lowest BCUT2D eigenvalue weighted by Crippen LogP contribution is -2.36. The molecular weight excluding hydrogens is 164 g/mol. The molecule has 0 radical (unpaired) electrons. The van der Waals surface area contributed by atoms with Gasteiger partial charge < -0.3 is 10.6 Å². The van der Waals surface area contributed by atoms with Crippen LogP contribution in [0, 0.1) is 6.92 Å². The van der Waals surface area contributed by atoms with Gasteiger partial charge >= 0.3 is 0 Å². The summed E-state index contributed by atoms with van der Waals surface area (Å²) >= 11 is 0. The number of rotatable bonds is 0. The van der Waals surface area contributed by atoms with Crippen molar-refractivity contribution < 1.29 is 4.79 Å². The Bertz CT molecular complexity index is 360. The largest absolute Gasteiger partial charge is 0.372 e. The second-order valence-corrected chi connectivity index (χ2v) is 3.35. The fourth-order valence-corrected chi connectivity index (χ4v) is 1.48. The van der Waals surface area contributed by atoms with E-state index in [0.717, 1.165) is 16.9 Å². The number of nitrogens with one attached hydrogen (secondary N) is 2. The molecule has 0 bridgehead atoms. The van der Waals surface area contributed by atoms with Gasteiger partial charge in [-0.1, -0.05) is 12.1 Å². The summed E-state index contributed by atoms with van der Waals surface area (Å²) < 4.78 is 0. The number of benzene rings is 1. The van der Waals surface area contributed by atoms with E-state index in [4.69, 9.17) is 0 Å². The number of amides is 1. The van der Waals surface area contributed by atoms with Crippen LogP contribution in [0.3, 0.4) is 0 Å². The lowest BCUT2D eigenvalue weighted by Gasteiger charge is -2.25. The van der Waals surface area contributed by atoms with Crippen molar-refractivity contribution in [1.82, 2.24) is 0 Å². The molecule has 1 unspecified atom stereocenters. The normalized spacial score (nSPS) is 20.2. The van der Waals surface area contributed by atoms with Gasteiger partial charge in [0.15, 0.2) is 0 Å². The number of aryl methyl sites for hydroxylation is 1. The third kappa shape index (κ3) is 1.26. The van der Waals surface area contributed by atoms with Gasteiger partial charge in [-0.3, -0.25) is 4.79 Å². The molecule has 1 amide bonds. The average Bonchev–Trinajstić information content (AvgIpc) is 2.09. The molecule has 0 aliphatic carbocycles. The van der Waals surface area contributed by atoms with Crippen LogP contribution >= 0.6 is 0 Å². The van der Waals surface area contributed by atoms with E-state index in [1.807, 2.05) is 32.0 Å². The first-order valence-electron chi connectivity index (χ1n) is 4.35. The minimum absolute atomic E-state index is 0.0294. The van der Waals surface area contributed by atoms with Gasteiger partial charge in [-0.15, -0.1) is 0 Å². The van der Waals surface area contributed by atoms with E-state index in [0.29, 0.717) is 0 Å². The van der Waals surface area contributed by atoms with Crippen molar-refractivity contribution in [2.75, 3.05) is 10.6 Å². The Kier molecular flexibility index (Phi) is 1.72. The SMILES string of the molecule is Cc1cccc2c1NC(=O)C(C)N2. The standard InChI is InChI=1S/C10H12N2O/c1-6-4-3-5-8-9(6)12-10(13)7(2)11-8/h3-5,7,11H,1-2H3,(H,12,13). The van der Waals surface area contributed by atoms with Gasteiger partial charge in [0.05, 0.1) is 11.4 Å². The molecule has 13 heavy (non-hydrogen) atoms. The van der Waals surface area contributed by atoms with Crippen molar-refractivity contribution in [2.45, 2.75) is 19.9 Å². The molecule has 0 saturated heterocycles. The minimum Gasteiger partial charge on any atom is -0.372 e. The molecule has 1 heterocycles. The molecule has 68 valence electrons. The first kappa shape index (κ1) is 8.10. The highest BCUT2D eigenvalue weighted by molar-refractivity contribution is 6.03. The monoisotopic (exact) mass is 176 g/mol. The molecular formula is C10H12N2O. The topological polar surface area (TPSA) is 41.1 Å². The van der Waals surface area contributed by atoms with Gasteiger partial charge in [0.2, 0.25) is 5.91 Å². The number of anilines is 2. The third-order valence-electron chi connectivity index (χ3n) is 2.29. The quantitative estimate of drug-likeness (QED) is 0.632. The molecule has 0 fully saturated rings. The van der Waals surface area contributed by atoms with Crippen LogP contribution in [0.25, 0.3) is 0 Å². The predicted octanol–water partition coefficient (Wildman–Crippen LogP) is 1.75. The fraction of sp³-hybridized carbons (Fsp3) is 0.300. The van der Waals surface area contributed by atoms with Crippen LogP contribution < -0.4 is 10.6 Å². The predicted molar refractivity (Wildman–Crippen MR) is 52.9 cm³/mol.